The Bertz CT molecular complexity index is 301. The molecule has 3 N–H and O–H groups in total. The van der Waals surface area contributed by atoms with Crippen LogP contribution in [0.5, 0.6) is 0 Å². The van der Waals surface area contributed by atoms with Crippen molar-refractivity contribution in [3.63, 3.8) is 0 Å². The van der Waals surface area contributed by atoms with E-state index in [0.29, 0.717) is 26.3 Å². The summed E-state index contributed by atoms with van der Waals surface area (Å²) in [6.45, 7) is 7.69. The Kier molecular flexibility index (Phi) is 5.55. The van der Waals surface area contributed by atoms with E-state index in [0.717, 1.165) is 0 Å². The number of hydrogen-bond donors (Lipinski definition) is 2. The van der Waals surface area contributed by atoms with Crippen LogP contribution in [0.1, 0.15) is 20.8 Å². The molecule has 1 unspecified atom stereocenters. The first kappa shape index (κ1) is 14.9. The highest BCUT2D eigenvalue weighted by atomic mass is 16.5. The van der Waals surface area contributed by atoms with Gasteiger partial charge in [0.15, 0.2) is 0 Å². The van der Waals surface area contributed by atoms with E-state index in [4.69, 9.17) is 10.5 Å². The molecule has 6 nitrogen and oxygen atoms in total. The number of nitrogens with zero attached hydrogens (tertiary/aromatic N) is 1. The van der Waals surface area contributed by atoms with Crippen molar-refractivity contribution in [1.82, 2.24) is 10.2 Å². The van der Waals surface area contributed by atoms with Gasteiger partial charge in [-0.2, -0.15) is 0 Å². The summed E-state index contributed by atoms with van der Waals surface area (Å²) in [6, 6.07) is -1.12. The van der Waals surface area contributed by atoms with Crippen molar-refractivity contribution in [3.8, 4) is 0 Å². The summed E-state index contributed by atoms with van der Waals surface area (Å²) in [5, 5.41) is 2.66. The molecule has 0 bridgehead atoms. The van der Waals surface area contributed by atoms with Crippen LogP contribution < -0.4 is 11.1 Å². The van der Waals surface area contributed by atoms with E-state index in [2.05, 4.69) is 5.32 Å². The minimum Gasteiger partial charge on any atom is -0.378 e. The fourth-order valence-electron chi connectivity index (χ4n) is 1.73. The molecule has 1 heterocycles. The quantitative estimate of drug-likeness (QED) is 0.700. The third kappa shape index (κ3) is 3.96. The Hall–Kier alpha value is -1.14. The number of nitrogens with two attached hydrogens (primary N) is 1. The predicted molar refractivity (Wildman–Crippen MR) is 67.8 cm³/mol. The third-order valence-electron chi connectivity index (χ3n) is 3.07. The van der Waals surface area contributed by atoms with Gasteiger partial charge in [-0.3, -0.25) is 9.59 Å². The van der Waals surface area contributed by atoms with E-state index >= 15 is 0 Å². The second kappa shape index (κ2) is 6.70. The number of ether oxygens (including phenoxy) is 1. The van der Waals surface area contributed by atoms with Gasteiger partial charge in [-0.1, -0.05) is 13.8 Å². The van der Waals surface area contributed by atoms with E-state index in [1.54, 1.807) is 11.8 Å². The lowest BCUT2D eigenvalue weighted by atomic mass is 10.0. The van der Waals surface area contributed by atoms with Gasteiger partial charge in [-0.05, 0) is 12.8 Å². The molecule has 1 fully saturated rings. The molecule has 1 rings (SSSR count). The zero-order valence-corrected chi connectivity index (χ0v) is 11.3. The Morgan fingerprint density at radius 3 is 2.28 bits per heavy atom. The summed E-state index contributed by atoms with van der Waals surface area (Å²) in [7, 11) is 0. The second-order valence-electron chi connectivity index (χ2n) is 4.94. The molecule has 0 aromatic carbocycles. The maximum Gasteiger partial charge on any atom is 0.245 e. The van der Waals surface area contributed by atoms with Gasteiger partial charge in [0.05, 0.1) is 19.3 Å². The van der Waals surface area contributed by atoms with Crippen molar-refractivity contribution in [3.05, 3.63) is 0 Å². The minimum atomic E-state index is -0.579. The lowest BCUT2D eigenvalue weighted by Crippen LogP contribution is -2.54. The molecule has 0 radical (unpaired) electrons. The molecule has 104 valence electrons. The van der Waals surface area contributed by atoms with Crippen molar-refractivity contribution < 1.29 is 14.3 Å². The van der Waals surface area contributed by atoms with Gasteiger partial charge in [0.25, 0.3) is 0 Å². The molecule has 1 aliphatic rings. The summed E-state index contributed by atoms with van der Waals surface area (Å²) in [5.41, 5.74) is 5.73. The van der Waals surface area contributed by atoms with Crippen molar-refractivity contribution in [1.29, 1.82) is 0 Å². The summed E-state index contributed by atoms with van der Waals surface area (Å²) < 4.78 is 5.18. The van der Waals surface area contributed by atoms with Crippen LogP contribution in [0, 0.1) is 5.92 Å². The maximum atomic E-state index is 12.0. The summed E-state index contributed by atoms with van der Waals surface area (Å²) in [4.78, 5) is 25.5. The molecular formula is C12H23N3O3. The second-order valence-corrected chi connectivity index (χ2v) is 4.94. The largest absolute Gasteiger partial charge is 0.378 e. The molecule has 0 aromatic heterocycles. The highest BCUT2D eigenvalue weighted by Gasteiger charge is 2.26. The number of nitrogens with one attached hydrogen (secondary N) is 1. The standard InChI is InChI=1S/C12H23N3O3/c1-8(2)10(13)11(16)14-9(3)12(17)15-4-6-18-7-5-15/h8-10H,4-7,13H2,1-3H3,(H,14,16)/t9?,10-/m0/s1. The lowest BCUT2D eigenvalue weighted by Gasteiger charge is -2.30. The van der Waals surface area contributed by atoms with E-state index in [1.807, 2.05) is 13.8 Å². The first-order valence-corrected chi connectivity index (χ1v) is 6.36. The molecule has 1 aliphatic heterocycles. The molecule has 1 saturated heterocycles. The molecular weight excluding hydrogens is 234 g/mol. The SMILES string of the molecule is CC(NC(=O)[C@@H](N)C(C)C)C(=O)N1CCOCC1. The van der Waals surface area contributed by atoms with Gasteiger partial charge in [0, 0.05) is 13.1 Å². The maximum absolute atomic E-state index is 12.0. The van der Waals surface area contributed by atoms with Crippen LogP contribution in [0.25, 0.3) is 0 Å². The Balaban J connectivity index is 2.46. The van der Waals surface area contributed by atoms with Crippen LogP contribution >= 0.6 is 0 Å². The minimum absolute atomic E-state index is 0.0516. The molecule has 18 heavy (non-hydrogen) atoms. The Labute approximate surface area is 108 Å². The zero-order valence-electron chi connectivity index (χ0n) is 11.3. The highest BCUT2D eigenvalue weighted by molar-refractivity contribution is 5.89. The Morgan fingerprint density at radius 2 is 1.78 bits per heavy atom. The van der Waals surface area contributed by atoms with Crippen LogP contribution in [0.4, 0.5) is 0 Å². The third-order valence-corrected chi connectivity index (χ3v) is 3.07. The van der Waals surface area contributed by atoms with Gasteiger partial charge in [-0.25, -0.2) is 0 Å². The van der Waals surface area contributed by atoms with Gasteiger partial charge < -0.3 is 20.7 Å². The predicted octanol–water partition coefficient (Wildman–Crippen LogP) is -0.667. The molecule has 0 spiro atoms. The monoisotopic (exact) mass is 257 g/mol. The average Bonchev–Trinajstić information content (AvgIpc) is 2.37. The van der Waals surface area contributed by atoms with Crippen LogP contribution in [0.2, 0.25) is 0 Å². The van der Waals surface area contributed by atoms with Crippen LogP contribution in [-0.2, 0) is 14.3 Å². The van der Waals surface area contributed by atoms with Gasteiger partial charge in [0.1, 0.15) is 6.04 Å². The van der Waals surface area contributed by atoms with Gasteiger partial charge >= 0.3 is 0 Å². The summed E-state index contributed by atoms with van der Waals surface area (Å²) >= 11 is 0. The fraction of sp³-hybridized carbons (Fsp3) is 0.833. The van der Waals surface area contributed by atoms with E-state index in [-0.39, 0.29) is 17.7 Å². The number of carbonyl (C=O) groups excluding carboxylic acids is 2. The summed E-state index contributed by atoms with van der Waals surface area (Å²) in [5.74, 6) is -0.308. The van der Waals surface area contributed by atoms with E-state index < -0.39 is 12.1 Å². The smallest absolute Gasteiger partial charge is 0.245 e. The first-order chi connectivity index (χ1) is 8.43. The van der Waals surface area contributed by atoms with E-state index in [1.165, 1.54) is 0 Å². The zero-order chi connectivity index (χ0) is 13.7. The highest BCUT2D eigenvalue weighted by Crippen LogP contribution is 2.02. The van der Waals surface area contributed by atoms with Crippen LogP contribution in [-0.4, -0.2) is 55.1 Å². The molecule has 0 aromatic rings. The lowest BCUT2D eigenvalue weighted by molar-refractivity contribution is -0.139. The molecule has 0 saturated carbocycles. The van der Waals surface area contributed by atoms with Gasteiger partial charge in [-0.15, -0.1) is 0 Å². The van der Waals surface area contributed by atoms with Crippen LogP contribution in [0.3, 0.4) is 0 Å². The van der Waals surface area contributed by atoms with Crippen LogP contribution in [0.15, 0.2) is 0 Å². The van der Waals surface area contributed by atoms with Crippen molar-refractivity contribution in [2.24, 2.45) is 11.7 Å². The molecule has 2 amide bonds. The molecule has 2 atom stereocenters. The molecule has 6 heteroatoms. The number of amides is 2. The number of morpholine rings is 1. The van der Waals surface area contributed by atoms with Gasteiger partial charge in [0.2, 0.25) is 11.8 Å². The first-order valence-electron chi connectivity index (χ1n) is 6.36. The number of carbonyl (C=O) groups is 2. The normalized spacial score (nSPS) is 19.5. The van der Waals surface area contributed by atoms with E-state index in [9.17, 15) is 9.59 Å². The molecule has 0 aliphatic carbocycles. The average molecular weight is 257 g/mol. The van der Waals surface area contributed by atoms with Crippen molar-refractivity contribution in [2.75, 3.05) is 26.3 Å². The fourth-order valence-corrected chi connectivity index (χ4v) is 1.73. The number of hydrogen-bond acceptors (Lipinski definition) is 4. The van der Waals surface area contributed by atoms with Crippen molar-refractivity contribution >= 4 is 11.8 Å². The van der Waals surface area contributed by atoms with Crippen molar-refractivity contribution in [2.45, 2.75) is 32.9 Å². The Morgan fingerprint density at radius 1 is 1.22 bits per heavy atom. The summed E-state index contributed by atoms with van der Waals surface area (Å²) in [6.07, 6.45) is 0. The topological polar surface area (TPSA) is 84.7 Å². The number of rotatable bonds is 4.